The molecule has 6 nitrogen and oxygen atoms in total. The van der Waals surface area contributed by atoms with Gasteiger partial charge in [-0.3, -0.25) is 9.59 Å². The first-order valence-corrected chi connectivity index (χ1v) is 36.4. The summed E-state index contributed by atoms with van der Waals surface area (Å²) in [5.41, 5.74) is 0. The molecule has 0 aliphatic carbocycles. The van der Waals surface area contributed by atoms with Gasteiger partial charge in [0.15, 0.2) is 0 Å². The topological polar surface area (TPSA) is 95.9 Å². The number of unbranched alkanes of at least 4 members (excludes halogenated alkanes) is 51. The van der Waals surface area contributed by atoms with Crippen molar-refractivity contribution in [3.63, 3.8) is 0 Å². The van der Waals surface area contributed by atoms with Crippen molar-refractivity contribution in [1.82, 2.24) is 5.32 Å². The number of aliphatic hydroxyl groups excluding tert-OH is 2. The Hall–Kier alpha value is -2.18. The largest absolute Gasteiger partial charge is 0.466 e. The third-order valence-corrected chi connectivity index (χ3v) is 16.8. The molecule has 0 aromatic carbocycles. The van der Waals surface area contributed by atoms with Gasteiger partial charge < -0.3 is 20.3 Å². The van der Waals surface area contributed by atoms with E-state index in [1.807, 2.05) is 6.08 Å². The van der Waals surface area contributed by atoms with Crippen molar-refractivity contribution < 1.29 is 24.5 Å². The van der Waals surface area contributed by atoms with Gasteiger partial charge in [-0.15, -0.1) is 0 Å². The average molecular weight is 1140 g/mol. The van der Waals surface area contributed by atoms with E-state index in [4.69, 9.17) is 4.74 Å². The van der Waals surface area contributed by atoms with Gasteiger partial charge in [0.25, 0.3) is 0 Å². The minimum atomic E-state index is -0.844. The maximum atomic E-state index is 12.5. The first-order chi connectivity index (χ1) is 40.0. The fourth-order valence-electron chi connectivity index (χ4n) is 11.2. The number of hydrogen-bond acceptors (Lipinski definition) is 5. The van der Waals surface area contributed by atoms with E-state index in [1.54, 1.807) is 6.08 Å². The Bertz CT molecular complexity index is 1360. The summed E-state index contributed by atoms with van der Waals surface area (Å²) < 4.78 is 5.46. The molecule has 1 amide bonds. The number of allylic oxidation sites excluding steroid dienone is 7. The van der Waals surface area contributed by atoms with E-state index >= 15 is 0 Å². The van der Waals surface area contributed by atoms with Gasteiger partial charge in [-0.1, -0.05) is 345 Å². The van der Waals surface area contributed by atoms with E-state index in [0.29, 0.717) is 19.4 Å². The number of rotatable bonds is 68. The van der Waals surface area contributed by atoms with E-state index in [9.17, 15) is 19.8 Å². The first kappa shape index (κ1) is 78.8. The van der Waals surface area contributed by atoms with Crippen molar-refractivity contribution >= 4 is 11.9 Å². The van der Waals surface area contributed by atoms with Crippen LogP contribution in [-0.4, -0.2) is 47.4 Å². The highest BCUT2D eigenvalue weighted by atomic mass is 16.5. The molecule has 0 radical (unpaired) electrons. The van der Waals surface area contributed by atoms with Crippen molar-refractivity contribution in [3.05, 3.63) is 48.6 Å². The van der Waals surface area contributed by atoms with Crippen LogP contribution >= 0.6 is 0 Å². The van der Waals surface area contributed by atoms with E-state index in [0.717, 1.165) is 51.4 Å². The van der Waals surface area contributed by atoms with E-state index in [2.05, 4.69) is 55.6 Å². The monoisotopic (exact) mass is 1140 g/mol. The summed E-state index contributed by atoms with van der Waals surface area (Å²) in [4.78, 5) is 24.5. The number of carbonyl (C=O) groups is 2. The fourth-order valence-corrected chi connectivity index (χ4v) is 11.2. The standard InChI is InChI=1S/C75H141NO5/c1-3-5-7-9-11-13-15-16-17-18-38-41-44-48-51-55-59-63-67-73(78)72(71-77)76-74(79)68-64-60-56-52-49-45-42-39-36-34-32-30-28-26-24-22-20-19-21-23-25-27-29-31-33-35-37-40-43-46-50-54-58-62-66-70-81-75(80)69-65-61-57-53-47-14-12-10-8-6-4-2/h10,12,21,23,27,29,63,67,72-73,77-78H,3-9,11,13-20,22,24-26,28,30-62,64-66,68-71H2,1-2H3,(H,76,79)/b12-10-,23-21-,29-27-,67-63+. The lowest BCUT2D eigenvalue weighted by Gasteiger charge is -2.20. The number of amides is 1. The van der Waals surface area contributed by atoms with Crippen molar-refractivity contribution in [3.8, 4) is 0 Å². The van der Waals surface area contributed by atoms with Gasteiger partial charge in [0.2, 0.25) is 5.91 Å². The van der Waals surface area contributed by atoms with Crippen molar-refractivity contribution in [2.75, 3.05) is 13.2 Å². The van der Waals surface area contributed by atoms with Crippen LogP contribution in [0.3, 0.4) is 0 Å². The molecule has 2 atom stereocenters. The molecule has 0 aliphatic heterocycles. The number of esters is 1. The molecule has 81 heavy (non-hydrogen) atoms. The lowest BCUT2D eigenvalue weighted by molar-refractivity contribution is -0.143. The molecule has 0 spiro atoms. The van der Waals surface area contributed by atoms with Crippen LogP contribution < -0.4 is 5.32 Å². The summed E-state index contributed by atoms with van der Waals surface area (Å²) in [7, 11) is 0. The van der Waals surface area contributed by atoms with Crippen molar-refractivity contribution in [2.24, 2.45) is 0 Å². The van der Waals surface area contributed by atoms with Crippen molar-refractivity contribution in [2.45, 2.75) is 405 Å². The molecule has 2 unspecified atom stereocenters. The summed E-state index contributed by atoms with van der Waals surface area (Å²) in [6.07, 6.45) is 92.1. The molecule has 0 aromatic rings. The Kier molecular flexibility index (Phi) is 68.4. The lowest BCUT2D eigenvalue weighted by atomic mass is 10.0. The summed E-state index contributed by atoms with van der Waals surface area (Å²) >= 11 is 0. The van der Waals surface area contributed by atoms with Gasteiger partial charge in [-0.2, -0.15) is 0 Å². The van der Waals surface area contributed by atoms with Crippen LogP contribution in [0.5, 0.6) is 0 Å². The zero-order valence-corrected chi connectivity index (χ0v) is 54.5. The summed E-state index contributed by atoms with van der Waals surface area (Å²) in [5, 5.41) is 23.2. The van der Waals surface area contributed by atoms with Gasteiger partial charge in [-0.25, -0.2) is 0 Å². The average Bonchev–Trinajstić information content (AvgIpc) is 3.47. The lowest BCUT2D eigenvalue weighted by Crippen LogP contribution is -2.45. The SMILES string of the molecule is CCCC/C=C\CCCCCCCC(=O)OCCCCCCCCCCCCC/C=C\C/C=C\CCCCCCCCCCCCCCCCCCCC(=O)NC(CO)C(O)/C=C/CCCCCCCCCCCCCCCCCC. The zero-order valence-electron chi connectivity index (χ0n) is 54.5. The van der Waals surface area contributed by atoms with E-state index < -0.39 is 12.1 Å². The number of nitrogens with one attached hydrogen (secondary N) is 1. The Morgan fingerprint density at radius 1 is 0.346 bits per heavy atom. The van der Waals surface area contributed by atoms with E-state index in [-0.39, 0.29) is 18.5 Å². The molecule has 0 bridgehead atoms. The quantitative estimate of drug-likeness (QED) is 0.0320. The third-order valence-electron chi connectivity index (χ3n) is 16.8. The molecule has 0 aromatic heterocycles. The van der Waals surface area contributed by atoms with Crippen LogP contribution in [0.15, 0.2) is 48.6 Å². The smallest absolute Gasteiger partial charge is 0.305 e. The Morgan fingerprint density at radius 2 is 0.630 bits per heavy atom. The maximum Gasteiger partial charge on any atom is 0.305 e. The molecule has 0 saturated heterocycles. The van der Waals surface area contributed by atoms with Crippen LogP contribution in [0.25, 0.3) is 0 Å². The highest BCUT2D eigenvalue weighted by molar-refractivity contribution is 5.76. The molecule has 0 saturated carbocycles. The van der Waals surface area contributed by atoms with Crippen LogP contribution in [0.1, 0.15) is 393 Å². The second kappa shape index (κ2) is 70.3. The molecule has 0 aliphatic rings. The Labute approximate surface area is 506 Å². The molecular weight excluding hydrogens is 995 g/mol. The highest BCUT2D eigenvalue weighted by Crippen LogP contribution is 2.18. The third kappa shape index (κ3) is 66.8. The Balaban J connectivity index is 3.40. The number of aliphatic hydroxyl groups is 2. The van der Waals surface area contributed by atoms with Crippen LogP contribution in [0.2, 0.25) is 0 Å². The normalized spacial score (nSPS) is 12.8. The first-order valence-electron chi connectivity index (χ1n) is 36.4. The minimum Gasteiger partial charge on any atom is -0.466 e. The predicted octanol–water partition coefficient (Wildman–Crippen LogP) is 23.6. The van der Waals surface area contributed by atoms with Crippen LogP contribution in [-0.2, 0) is 14.3 Å². The van der Waals surface area contributed by atoms with Gasteiger partial charge in [-0.05, 0) is 83.5 Å². The van der Waals surface area contributed by atoms with Gasteiger partial charge in [0.05, 0.1) is 25.4 Å². The van der Waals surface area contributed by atoms with Gasteiger partial charge >= 0.3 is 5.97 Å². The summed E-state index contributed by atoms with van der Waals surface area (Å²) in [6, 6.07) is -0.627. The maximum absolute atomic E-state index is 12.5. The molecule has 0 heterocycles. The summed E-state index contributed by atoms with van der Waals surface area (Å²) in [5.74, 6) is -0.0573. The Morgan fingerprint density at radius 3 is 0.988 bits per heavy atom. The molecular formula is C75H141NO5. The fraction of sp³-hybridized carbons (Fsp3) is 0.867. The summed E-state index contributed by atoms with van der Waals surface area (Å²) in [6.45, 7) is 4.89. The molecule has 0 rings (SSSR count). The van der Waals surface area contributed by atoms with Gasteiger partial charge in [0, 0.05) is 12.8 Å². The number of ether oxygens (including phenoxy) is 1. The van der Waals surface area contributed by atoms with Crippen LogP contribution in [0, 0.1) is 0 Å². The number of carbonyl (C=O) groups excluding carboxylic acids is 2. The molecule has 3 N–H and O–H groups in total. The van der Waals surface area contributed by atoms with Crippen molar-refractivity contribution in [1.29, 1.82) is 0 Å². The molecule has 0 fully saturated rings. The van der Waals surface area contributed by atoms with Crippen LogP contribution in [0.4, 0.5) is 0 Å². The highest BCUT2D eigenvalue weighted by Gasteiger charge is 2.18. The molecule has 476 valence electrons. The minimum absolute atomic E-state index is 0.00545. The molecule has 6 heteroatoms. The van der Waals surface area contributed by atoms with Gasteiger partial charge in [0.1, 0.15) is 0 Å². The zero-order chi connectivity index (χ0) is 58.5. The second-order valence-corrected chi connectivity index (χ2v) is 24.9. The second-order valence-electron chi connectivity index (χ2n) is 24.9. The van der Waals surface area contributed by atoms with E-state index in [1.165, 1.54) is 315 Å². The predicted molar refractivity (Wildman–Crippen MR) is 356 cm³/mol. The number of hydrogen-bond donors (Lipinski definition) is 3.